The SMILES string of the molecule is CCN(Cc1ccccc1)C(=O)CNC(=O)c1ccc(S(C)=O)cc1. The average molecular weight is 358 g/mol. The van der Waals surface area contributed by atoms with Crippen molar-refractivity contribution in [3.05, 3.63) is 65.7 Å². The Morgan fingerprint density at radius 1 is 1.04 bits per heavy atom. The first-order valence-electron chi connectivity index (χ1n) is 8.04. The van der Waals surface area contributed by atoms with Gasteiger partial charge in [-0.2, -0.15) is 0 Å². The van der Waals surface area contributed by atoms with Crippen molar-refractivity contribution in [2.45, 2.75) is 18.4 Å². The fraction of sp³-hybridized carbons (Fsp3) is 0.263. The standard InChI is InChI=1S/C19H22N2O3S/c1-3-21(14-15-7-5-4-6-8-15)18(22)13-20-19(23)16-9-11-17(12-10-16)25(2)24/h4-12H,3,13-14H2,1-2H3,(H,20,23). The molecule has 1 N–H and O–H groups in total. The average Bonchev–Trinajstić information content (AvgIpc) is 2.64. The number of carbonyl (C=O) groups excluding carboxylic acids is 2. The normalized spacial score (nSPS) is 11.6. The molecule has 0 fully saturated rings. The number of benzene rings is 2. The first-order valence-corrected chi connectivity index (χ1v) is 9.60. The van der Waals surface area contributed by atoms with Crippen molar-refractivity contribution in [2.24, 2.45) is 0 Å². The third kappa shape index (κ3) is 5.53. The highest BCUT2D eigenvalue weighted by Gasteiger charge is 2.14. The van der Waals surface area contributed by atoms with Crippen molar-refractivity contribution in [3.8, 4) is 0 Å². The van der Waals surface area contributed by atoms with E-state index in [1.165, 1.54) is 0 Å². The fourth-order valence-electron chi connectivity index (χ4n) is 2.35. The molecule has 0 radical (unpaired) electrons. The van der Waals surface area contributed by atoms with Gasteiger partial charge < -0.3 is 10.2 Å². The van der Waals surface area contributed by atoms with Crippen LogP contribution in [0.5, 0.6) is 0 Å². The molecule has 0 aliphatic rings. The van der Waals surface area contributed by atoms with Crippen LogP contribution >= 0.6 is 0 Å². The van der Waals surface area contributed by atoms with Crippen LogP contribution in [-0.4, -0.2) is 40.3 Å². The van der Waals surface area contributed by atoms with Crippen LogP contribution < -0.4 is 5.32 Å². The molecule has 1 unspecified atom stereocenters. The molecular weight excluding hydrogens is 336 g/mol. The zero-order valence-electron chi connectivity index (χ0n) is 14.4. The summed E-state index contributed by atoms with van der Waals surface area (Å²) in [5.74, 6) is -0.455. The largest absolute Gasteiger partial charge is 0.343 e. The number of hydrogen-bond acceptors (Lipinski definition) is 3. The van der Waals surface area contributed by atoms with E-state index < -0.39 is 10.8 Å². The zero-order chi connectivity index (χ0) is 18.2. The maximum atomic E-state index is 12.3. The highest BCUT2D eigenvalue weighted by atomic mass is 32.2. The van der Waals surface area contributed by atoms with E-state index >= 15 is 0 Å². The first-order chi connectivity index (χ1) is 12.0. The van der Waals surface area contributed by atoms with Crippen molar-refractivity contribution in [1.29, 1.82) is 0 Å². The lowest BCUT2D eigenvalue weighted by molar-refractivity contribution is -0.130. The molecular formula is C19H22N2O3S. The predicted molar refractivity (Wildman–Crippen MR) is 98.6 cm³/mol. The summed E-state index contributed by atoms with van der Waals surface area (Å²) < 4.78 is 11.4. The van der Waals surface area contributed by atoms with Gasteiger partial charge in [0.1, 0.15) is 0 Å². The third-order valence-corrected chi connectivity index (χ3v) is 4.74. The Morgan fingerprint density at radius 3 is 2.24 bits per heavy atom. The molecule has 0 spiro atoms. The Labute approximate surface area is 150 Å². The summed E-state index contributed by atoms with van der Waals surface area (Å²) in [6, 6.07) is 16.3. The van der Waals surface area contributed by atoms with E-state index in [0.717, 1.165) is 5.56 Å². The quantitative estimate of drug-likeness (QED) is 0.825. The van der Waals surface area contributed by atoms with Gasteiger partial charge in [-0.25, -0.2) is 0 Å². The van der Waals surface area contributed by atoms with Crippen molar-refractivity contribution in [1.82, 2.24) is 10.2 Å². The molecule has 0 aliphatic carbocycles. The van der Waals surface area contributed by atoms with Crippen molar-refractivity contribution in [2.75, 3.05) is 19.3 Å². The van der Waals surface area contributed by atoms with E-state index in [2.05, 4.69) is 5.32 Å². The Bertz CT molecular complexity index is 745. The zero-order valence-corrected chi connectivity index (χ0v) is 15.2. The highest BCUT2D eigenvalue weighted by molar-refractivity contribution is 7.84. The van der Waals surface area contributed by atoms with Crippen LogP contribution in [0.3, 0.4) is 0 Å². The van der Waals surface area contributed by atoms with E-state index in [0.29, 0.717) is 23.5 Å². The number of nitrogens with one attached hydrogen (secondary N) is 1. The van der Waals surface area contributed by atoms with Gasteiger partial charge in [0.25, 0.3) is 5.91 Å². The lowest BCUT2D eigenvalue weighted by Crippen LogP contribution is -2.39. The Kier molecular flexibility index (Phi) is 6.89. The first kappa shape index (κ1) is 18.9. The minimum absolute atomic E-state index is 0.0546. The molecule has 0 aliphatic heterocycles. The van der Waals surface area contributed by atoms with E-state index in [4.69, 9.17) is 0 Å². The van der Waals surface area contributed by atoms with E-state index in [9.17, 15) is 13.8 Å². The van der Waals surface area contributed by atoms with Crippen LogP contribution in [0.25, 0.3) is 0 Å². The molecule has 2 aromatic carbocycles. The molecule has 25 heavy (non-hydrogen) atoms. The van der Waals surface area contributed by atoms with E-state index in [-0.39, 0.29) is 18.4 Å². The molecule has 0 bridgehead atoms. The molecule has 0 saturated heterocycles. The Hall–Kier alpha value is -2.47. The molecule has 5 nitrogen and oxygen atoms in total. The molecule has 132 valence electrons. The minimum Gasteiger partial charge on any atom is -0.343 e. The van der Waals surface area contributed by atoms with E-state index in [1.54, 1.807) is 35.4 Å². The minimum atomic E-state index is -1.08. The topological polar surface area (TPSA) is 66.5 Å². The summed E-state index contributed by atoms with van der Waals surface area (Å²) in [7, 11) is -1.08. The van der Waals surface area contributed by atoms with Crippen LogP contribution in [0.15, 0.2) is 59.5 Å². The van der Waals surface area contributed by atoms with Gasteiger partial charge in [-0.1, -0.05) is 30.3 Å². The molecule has 2 amide bonds. The monoisotopic (exact) mass is 358 g/mol. The summed E-state index contributed by atoms with van der Waals surface area (Å²) in [4.78, 5) is 26.8. The summed E-state index contributed by atoms with van der Waals surface area (Å²) in [6.45, 7) is 2.94. The Balaban J connectivity index is 1.91. The van der Waals surface area contributed by atoms with Gasteiger partial charge in [-0.05, 0) is 36.8 Å². The summed E-state index contributed by atoms with van der Waals surface area (Å²) >= 11 is 0. The van der Waals surface area contributed by atoms with E-state index in [1.807, 2.05) is 37.3 Å². The number of amides is 2. The van der Waals surface area contributed by atoms with Crippen LogP contribution in [0, 0.1) is 0 Å². The molecule has 0 aromatic heterocycles. The van der Waals surface area contributed by atoms with Gasteiger partial charge in [0.2, 0.25) is 5.91 Å². The van der Waals surface area contributed by atoms with Crippen molar-refractivity contribution >= 4 is 22.6 Å². The second-order valence-electron chi connectivity index (χ2n) is 5.55. The molecule has 0 heterocycles. The fourth-order valence-corrected chi connectivity index (χ4v) is 2.87. The molecule has 1 atom stereocenters. The third-order valence-electron chi connectivity index (χ3n) is 3.80. The summed E-state index contributed by atoms with van der Waals surface area (Å²) in [5.41, 5.74) is 1.49. The predicted octanol–water partition coefficient (Wildman–Crippen LogP) is 2.20. The Morgan fingerprint density at radius 2 is 1.68 bits per heavy atom. The molecule has 6 heteroatoms. The number of likely N-dealkylation sites (N-methyl/N-ethyl adjacent to an activating group) is 1. The molecule has 2 aromatic rings. The summed E-state index contributed by atoms with van der Waals surface area (Å²) in [5, 5.41) is 2.64. The molecule has 2 rings (SSSR count). The maximum absolute atomic E-state index is 12.3. The van der Waals surface area contributed by atoms with Gasteiger partial charge in [0.15, 0.2) is 0 Å². The van der Waals surface area contributed by atoms with Gasteiger partial charge >= 0.3 is 0 Å². The summed E-state index contributed by atoms with van der Waals surface area (Å²) in [6.07, 6.45) is 1.58. The van der Waals surface area contributed by atoms with Crippen LogP contribution in [-0.2, 0) is 22.1 Å². The van der Waals surface area contributed by atoms with Gasteiger partial charge in [0.05, 0.1) is 6.54 Å². The van der Waals surface area contributed by atoms with Gasteiger partial charge in [0, 0.05) is 40.6 Å². The lowest BCUT2D eigenvalue weighted by Gasteiger charge is -2.21. The number of carbonyl (C=O) groups is 2. The smallest absolute Gasteiger partial charge is 0.251 e. The van der Waals surface area contributed by atoms with Crippen LogP contribution in [0.1, 0.15) is 22.8 Å². The van der Waals surface area contributed by atoms with Gasteiger partial charge in [-0.15, -0.1) is 0 Å². The highest BCUT2D eigenvalue weighted by Crippen LogP contribution is 2.08. The second-order valence-corrected chi connectivity index (χ2v) is 6.93. The number of hydrogen-bond donors (Lipinski definition) is 1. The molecule has 0 saturated carbocycles. The van der Waals surface area contributed by atoms with Crippen molar-refractivity contribution < 1.29 is 13.8 Å². The van der Waals surface area contributed by atoms with Gasteiger partial charge in [-0.3, -0.25) is 13.8 Å². The maximum Gasteiger partial charge on any atom is 0.251 e. The number of nitrogens with zero attached hydrogens (tertiary/aromatic N) is 1. The second kappa shape index (κ2) is 9.13. The lowest BCUT2D eigenvalue weighted by atomic mass is 10.2. The van der Waals surface area contributed by atoms with Crippen molar-refractivity contribution in [3.63, 3.8) is 0 Å². The number of rotatable bonds is 7. The van der Waals surface area contributed by atoms with Crippen LogP contribution in [0.2, 0.25) is 0 Å². The van der Waals surface area contributed by atoms with Crippen LogP contribution in [0.4, 0.5) is 0 Å².